The second kappa shape index (κ2) is 5.26. The van der Waals surface area contributed by atoms with E-state index >= 15 is 0 Å². The zero-order chi connectivity index (χ0) is 13.1. The van der Waals surface area contributed by atoms with E-state index in [1.54, 1.807) is 0 Å². The van der Waals surface area contributed by atoms with Crippen LogP contribution in [0.5, 0.6) is 5.75 Å². The predicted molar refractivity (Wildman–Crippen MR) is 57.0 cm³/mol. The number of carboxylic acids is 1. The quantitative estimate of drug-likeness (QED) is 0.897. The van der Waals surface area contributed by atoms with Gasteiger partial charge >= 0.3 is 12.3 Å². The number of anilines is 1. The summed E-state index contributed by atoms with van der Waals surface area (Å²) in [7, 11) is 0. The molecule has 0 aliphatic heterocycles. The molecule has 0 bridgehead atoms. The largest absolute Gasteiger partial charge is 0.573 e. The fraction of sp³-hybridized carbons (Fsp3) is 0.222. The van der Waals surface area contributed by atoms with Gasteiger partial charge in [-0.15, -0.1) is 13.2 Å². The molecule has 1 aromatic rings. The van der Waals surface area contributed by atoms with Gasteiger partial charge in [0.05, 0.1) is 4.47 Å². The molecule has 0 spiro atoms. The standard InChI is InChI=1S/C9H7BrF3NO3/c10-6-3-5(14-4-8(15)16)1-2-7(6)17-9(11,12)13/h1-3,14H,4H2,(H,15,16). The minimum absolute atomic E-state index is 0.0743. The van der Waals surface area contributed by atoms with Crippen molar-refractivity contribution >= 4 is 27.6 Å². The molecule has 0 saturated carbocycles. The monoisotopic (exact) mass is 313 g/mol. The fourth-order valence-corrected chi connectivity index (χ4v) is 1.46. The van der Waals surface area contributed by atoms with E-state index in [1.165, 1.54) is 12.1 Å². The minimum Gasteiger partial charge on any atom is -0.480 e. The third-order valence-corrected chi connectivity index (χ3v) is 2.22. The van der Waals surface area contributed by atoms with Crippen LogP contribution in [0.4, 0.5) is 18.9 Å². The molecule has 0 amide bonds. The average molecular weight is 314 g/mol. The number of aliphatic carboxylic acids is 1. The van der Waals surface area contributed by atoms with E-state index in [-0.39, 0.29) is 11.0 Å². The van der Waals surface area contributed by atoms with Crippen LogP contribution in [-0.2, 0) is 4.79 Å². The van der Waals surface area contributed by atoms with Crippen molar-refractivity contribution in [3.8, 4) is 5.75 Å². The van der Waals surface area contributed by atoms with Gasteiger partial charge in [-0.1, -0.05) is 0 Å². The van der Waals surface area contributed by atoms with Gasteiger partial charge in [0.25, 0.3) is 0 Å². The molecule has 0 aliphatic rings. The third-order valence-electron chi connectivity index (χ3n) is 1.60. The maximum atomic E-state index is 11.9. The Hall–Kier alpha value is -1.44. The first-order valence-corrected chi connectivity index (χ1v) is 5.08. The molecule has 1 rings (SSSR count). The van der Waals surface area contributed by atoms with Crippen molar-refractivity contribution < 1.29 is 27.8 Å². The highest BCUT2D eigenvalue weighted by Gasteiger charge is 2.31. The van der Waals surface area contributed by atoms with Crippen LogP contribution in [0.2, 0.25) is 0 Å². The van der Waals surface area contributed by atoms with Crippen molar-refractivity contribution in [2.45, 2.75) is 6.36 Å². The topological polar surface area (TPSA) is 58.6 Å². The number of alkyl halides is 3. The fourth-order valence-electron chi connectivity index (χ4n) is 0.996. The van der Waals surface area contributed by atoms with Gasteiger partial charge in [0.2, 0.25) is 0 Å². The Morgan fingerprint density at radius 1 is 1.47 bits per heavy atom. The SMILES string of the molecule is O=C(O)CNc1ccc(OC(F)(F)F)c(Br)c1. The lowest BCUT2D eigenvalue weighted by Gasteiger charge is -2.11. The number of hydrogen-bond donors (Lipinski definition) is 2. The van der Waals surface area contributed by atoms with E-state index in [0.29, 0.717) is 5.69 Å². The second-order valence-corrected chi connectivity index (χ2v) is 3.79. The molecule has 0 heterocycles. The second-order valence-electron chi connectivity index (χ2n) is 2.94. The van der Waals surface area contributed by atoms with E-state index in [2.05, 4.69) is 26.0 Å². The van der Waals surface area contributed by atoms with Crippen molar-refractivity contribution in [1.82, 2.24) is 0 Å². The molecule has 4 nitrogen and oxygen atoms in total. The summed E-state index contributed by atoms with van der Waals surface area (Å²) in [4.78, 5) is 10.3. The summed E-state index contributed by atoms with van der Waals surface area (Å²) in [6, 6.07) is 3.67. The Morgan fingerprint density at radius 3 is 2.59 bits per heavy atom. The van der Waals surface area contributed by atoms with Crippen molar-refractivity contribution in [3.63, 3.8) is 0 Å². The number of nitrogens with one attached hydrogen (secondary N) is 1. The molecule has 0 fully saturated rings. The van der Waals surface area contributed by atoms with Crippen LogP contribution in [0.1, 0.15) is 0 Å². The molecule has 0 atom stereocenters. The van der Waals surface area contributed by atoms with Crippen LogP contribution in [-0.4, -0.2) is 24.0 Å². The molecule has 0 radical (unpaired) electrons. The predicted octanol–water partition coefficient (Wildman–Crippen LogP) is 2.84. The number of ether oxygens (including phenoxy) is 1. The van der Waals surface area contributed by atoms with Crippen LogP contribution in [0.3, 0.4) is 0 Å². The Labute approximate surface area is 103 Å². The highest BCUT2D eigenvalue weighted by molar-refractivity contribution is 9.10. The van der Waals surface area contributed by atoms with E-state index in [9.17, 15) is 18.0 Å². The third kappa shape index (κ3) is 4.94. The van der Waals surface area contributed by atoms with Gasteiger partial charge in [0, 0.05) is 5.69 Å². The van der Waals surface area contributed by atoms with Crippen molar-refractivity contribution in [1.29, 1.82) is 0 Å². The van der Waals surface area contributed by atoms with Gasteiger partial charge in [-0.25, -0.2) is 0 Å². The highest BCUT2D eigenvalue weighted by Crippen LogP contribution is 2.32. The molecule has 17 heavy (non-hydrogen) atoms. The number of halogens is 4. The van der Waals surface area contributed by atoms with Crippen molar-refractivity contribution in [3.05, 3.63) is 22.7 Å². The van der Waals surface area contributed by atoms with E-state index in [1.807, 2.05) is 0 Å². The summed E-state index contributed by atoms with van der Waals surface area (Å²) in [5, 5.41) is 10.9. The maximum absolute atomic E-state index is 11.9. The maximum Gasteiger partial charge on any atom is 0.573 e. The summed E-state index contributed by atoms with van der Waals surface area (Å²) in [5.74, 6) is -1.46. The summed E-state index contributed by atoms with van der Waals surface area (Å²) in [6.45, 7) is -0.327. The first-order valence-electron chi connectivity index (χ1n) is 4.29. The van der Waals surface area contributed by atoms with Gasteiger partial charge < -0.3 is 15.2 Å². The summed E-state index contributed by atoms with van der Waals surface area (Å²) >= 11 is 2.89. The number of carbonyl (C=O) groups is 1. The van der Waals surface area contributed by atoms with Gasteiger partial charge in [0.1, 0.15) is 12.3 Å². The number of carboxylic acid groups (broad SMARTS) is 1. The number of hydrogen-bond acceptors (Lipinski definition) is 3. The first kappa shape index (κ1) is 13.6. The van der Waals surface area contributed by atoms with Gasteiger partial charge in [-0.2, -0.15) is 0 Å². The molecule has 94 valence electrons. The zero-order valence-corrected chi connectivity index (χ0v) is 9.80. The van der Waals surface area contributed by atoms with Crippen LogP contribution in [0.15, 0.2) is 22.7 Å². The first-order chi connectivity index (χ1) is 7.78. The smallest absolute Gasteiger partial charge is 0.480 e. The average Bonchev–Trinajstić information content (AvgIpc) is 2.17. The van der Waals surface area contributed by atoms with Crippen LogP contribution in [0, 0.1) is 0 Å². The minimum atomic E-state index is -4.77. The molecule has 0 saturated heterocycles. The van der Waals surface area contributed by atoms with Crippen LogP contribution >= 0.6 is 15.9 Å². The number of benzene rings is 1. The molecule has 0 aromatic heterocycles. The summed E-state index contributed by atoms with van der Waals surface area (Å²) in [5.41, 5.74) is 0.369. The van der Waals surface area contributed by atoms with Gasteiger partial charge in [-0.3, -0.25) is 4.79 Å². The van der Waals surface area contributed by atoms with Gasteiger partial charge in [0.15, 0.2) is 0 Å². The molecule has 2 N–H and O–H groups in total. The van der Waals surface area contributed by atoms with Crippen LogP contribution in [0.25, 0.3) is 0 Å². The summed E-state index contributed by atoms with van der Waals surface area (Å²) in [6.07, 6.45) is -4.77. The molecular weight excluding hydrogens is 307 g/mol. The molecule has 8 heteroatoms. The highest BCUT2D eigenvalue weighted by atomic mass is 79.9. The normalized spacial score (nSPS) is 11.1. The Kier molecular flexibility index (Phi) is 4.22. The van der Waals surface area contributed by atoms with E-state index in [4.69, 9.17) is 5.11 Å². The van der Waals surface area contributed by atoms with E-state index < -0.39 is 18.1 Å². The zero-order valence-electron chi connectivity index (χ0n) is 8.21. The van der Waals surface area contributed by atoms with Crippen molar-refractivity contribution in [2.24, 2.45) is 0 Å². The molecule has 0 unspecified atom stereocenters. The van der Waals surface area contributed by atoms with Crippen LogP contribution < -0.4 is 10.1 Å². The Balaban J connectivity index is 2.76. The molecular formula is C9H7BrF3NO3. The Morgan fingerprint density at radius 2 is 2.12 bits per heavy atom. The van der Waals surface area contributed by atoms with Crippen molar-refractivity contribution in [2.75, 3.05) is 11.9 Å². The lowest BCUT2D eigenvalue weighted by Crippen LogP contribution is -2.17. The lowest BCUT2D eigenvalue weighted by atomic mass is 10.3. The lowest BCUT2D eigenvalue weighted by molar-refractivity contribution is -0.274. The summed E-state index contributed by atoms with van der Waals surface area (Å²) < 4.78 is 39.6. The van der Waals surface area contributed by atoms with Gasteiger partial charge in [-0.05, 0) is 34.1 Å². The molecule has 0 aliphatic carbocycles. The Bertz CT molecular complexity index is 422. The van der Waals surface area contributed by atoms with E-state index in [0.717, 1.165) is 6.07 Å². The number of rotatable bonds is 4. The molecule has 1 aromatic carbocycles.